The highest BCUT2D eigenvalue weighted by Gasteiger charge is 2.05. The molecule has 0 saturated heterocycles. The first-order valence-corrected chi connectivity index (χ1v) is 4.68. The molecule has 0 spiro atoms. The van der Waals surface area contributed by atoms with E-state index in [1.165, 1.54) is 0 Å². The van der Waals surface area contributed by atoms with E-state index in [0.717, 1.165) is 9.26 Å². The summed E-state index contributed by atoms with van der Waals surface area (Å²) in [6, 6.07) is 1.73. The van der Waals surface area contributed by atoms with Crippen LogP contribution in [0, 0.1) is 3.57 Å². The minimum atomic E-state index is 0.403. The smallest absolute Gasteiger partial charge is 0.146 e. The van der Waals surface area contributed by atoms with Gasteiger partial charge in [-0.25, -0.2) is 4.98 Å². The molecule has 0 fully saturated rings. The maximum absolute atomic E-state index is 5.75. The number of hydrogen-bond donors (Lipinski definition) is 1. The summed E-state index contributed by atoms with van der Waals surface area (Å²) in [6.45, 7) is 0. The zero-order chi connectivity index (χ0) is 8.43. The van der Waals surface area contributed by atoms with Gasteiger partial charge in [0, 0.05) is 7.05 Å². The Balaban J connectivity index is 3.24. The number of anilines is 1. The van der Waals surface area contributed by atoms with Crippen LogP contribution in [-0.2, 0) is 0 Å². The van der Waals surface area contributed by atoms with Gasteiger partial charge in [-0.3, -0.25) is 0 Å². The third-order valence-corrected chi connectivity index (χ3v) is 3.03. The average Bonchev–Trinajstić information content (AvgIpc) is 1.96. The molecule has 0 atom stereocenters. The first kappa shape index (κ1) is 9.35. The molecule has 0 aliphatic rings. The van der Waals surface area contributed by atoms with Gasteiger partial charge in [-0.15, -0.1) is 0 Å². The fraction of sp³-hybridized carbons (Fsp3) is 0.167. The van der Waals surface area contributed by atoms with Crippen LogP contribution in [-0.4, -0.2) is 12.0 Å². The lowest BCUT2D eigenvalue weighted by atomic mass is 10.4. The minimum absolute atomic E-state index is 0.403. The molecule has 2 nitrogen and oxygen atoms in total. The van der Waals surface area contributed by atoms with Crippen molar-refractivity contribution >= 4 is 51.5 Å². The van der Waals surface area contributed by atoms with Crippen LogP contribution >= 0.6 is 45.8 Å². The largest absolute Gasteiger partial charge is 0.387 e. The third kappa shape index (κ3) is 2.10. The van der Waals surface area contributed by atoms with E-state index in [1.807, 2.05) is 7.05 Å². The zero-order valence-electron chi connectivity index (χ0n) is 5.66. The molecule has 1 rings (SSSR count). The Bertz CT molecular complexity index is 278. The van der Waals surface area contributed by atoms with Crippen molar-refractivity contribution in [3.8, 4) is 0 Å². The van der Waals surface area contributed by atoms with Crippen LogP contribution < -0.4 is 5.32 Å². The Hall–Kier alpha value is 0.260. The van der Waals surface area contributed by atoms with Gasteiger partial charge in [0.05, 0.1) is 9.26 Å². The number of nitrogens with one attached hydrogen (secondary N) is 1. The predicted octanol–water partition coefficient (Wildman–Crippen LogP) is 3.03. The molecule has 0 unspecified atom stereocenters. The molecule has 0 aliphatic carbocycles. The van der Waals surface area contributed by atoms with Crippen LogP contribution in [0.1, 0.15) is 0 Å². The maximum atomic E-state index is 5.75. The molecule has 0 amide bonds. The Kier molecular flexibility index (Phi) is 3.21. The van der Waals surface area contributed by atoms with Crippen LogP contribution in [0.2, 0.25) is 10.3 Å². The van der Waals surface area contributed by atoms with Crippen molar-refractivity contribution in [2.24, 2.45) is 0 Å². The number of nitrogens with zero attached hydrogens (tertiary/aromatic N) is 1. The van der Waals surface area contributed by atoms with Crippen molar-refractivity contribution in [2.45, 2.75) is 0 Å². The molecule has 0 aliphatic heterocycles. The van der Waals surface area contributed by atoms with Gasteiger partial charge in [-0.2, -0.15) is 0 Å². The number of hydrogen-bond acceptors (Lipinski definition) is 2. The monoisotopic (exact) mass is 302 g/mol. The third-order valence-electron chi connectivity index (χ3n) is 1.16. The van der Waals surface area contributed by atoms with Crippen molar-refractivity contribution < 1.29 is 0 Å². The normalized spacial score (nSPS) is 9.82. The molecule has 60 valence electrons. The Labute approximate surface area is 88.4 Å². The van der Waals surface area contributed by atoms with Crippen LogP contribution in [0.15, 0.2) is 6.07 Å². The van der Waals surface area contributed by atoms with Crippen molar-refractivity contribution in [3.05, 3.63) is 19.9 Å². The fourth-order valence-electron chi connectivity index (χ4n) is 0.651. The lowest BCUT2D eigenvalue weighted by Gasteiger charge is -2.04. The van der Waals surface area contributed by atoms with Crippen molar-refractivity contribution in [1.29, 1.82) is 0 Å². The molecule has 0 bridgehead atoms. The molecule has 1 N–H and O–H groups in total. The molecule has 1 aromatic rings. The van der Waals surface area contributed by atoms with E-state index in [4.69, 9.17) is 23.2 Å². The van der Waals surface area contributed by atoms with E-state index >= 15 is 0 Å². The first-order chi connectivity index (χ1) is 5.15. The number of halogens is 3. The van der Waals surface area contributed by atoms with E-state index in [0.29, 0.717) is 10.3 Å². The standard InChI is InChI=1S/C6H5Cl2IN2/c1-10-3-2-4(7)11-6(8)5(3)9/h2H,1H3,(H,10,11). The molecule has 11 heavy (non-hydrogen) atoms. The summed E-state index contributed by atoms with van der Waals surface area (Å²) in [6.07, 6.45) is 0. The second kappa shape index (κ2) is 3.78. The molecule has 0 radical (unpaired) electrons. The van der Waals surface area contributed by atoms with Gasteiger partial charge in [0.2, 0.25) is 0 Å². The number of rotatable bonds is 1. The summed E-state index contributed by atoms with van der Waals surface area (Å²) in [4.78, 5) is 3.87. The van der Waals surface area contributed by atoms with Gasteiger partial charge in [-0.1, -0.05) is 23.2 Å². The van der Waals surface area contributed by atoms with Crippen molar-refractivity contribution in [2.75, 3.05) is 12.4 Å². The summed E-state index contributed by atoms with van der Waals surface area (Å²) in [7, 11) is 1.81. The van der Waals surface area contributed by atoms with E-state index < -0.39 is 0 Å². The Morgan fingerprint density at radius 1 is 1.55 bits per heavy atom. The second-order valence-electron chi connectivity index (χ2n) is 1.85. The highest BCUT2D eigenvalue weighted by Crippen LogP contribution is 2.26. The van der Waals surface area contributed by atoms with Gasteiger partial charge in [0.25, 0.3) is 0 Å². The summed E-state index contributed by atoms with van der Waals surface area (Å²) in [5.41, 5.74) is 0.899. The fourth-order valence-corrected chi connectivity index (χ4v) is 1.63. The first-order valence-electron chi connectivity index (χ1n) is 2.84. The highest BCUT2D eigenvalue weighted by molar-refractivity contribution is 14.1. The number of pyridine rings is 1. The summed E-state index contributed by atoms with van der Waals surface area (Å²) >= 11 is 13.5. The van der Waals surface area contributed by atoms with Gasteiger partial charge in [0.1, 0.15) is 10.3 Å². The quantitative estimate of drug-likeness (QED) is 0.637. The molecular weight excluding hydrogens is 298 g/mol. The minimum Gasteiger partial charge on any atom is -0.387 e. The van der Waals surface area contributed by atoms with Crippen LogP contribution in [0.4, 0.5) is 5.69 Å². The lowest BCUT2D eigenvalue weighted by Crippen LogP contribution is -1.93. The Morgan fingerprint density at radius 3 is 2.73 bits per heavy atom. The molecule has 5 heteroatoms. The molecular formula is C6H5Cl2IN2. The highest BCUT2D eigenvalue weighted by atomic mass is 127. The van der Waals surface area contributed by atoms with Gasteiger partial charge >= 0.3 is 0 Å². The Morgan fingerprint density at radius 2 is 2.18 bits per heavy atom. The molecule has 1 aromatic heterocycles. The van der Waals surface area contributed by atoms with Gasteiger partial charge < -0.3 is 5.32 Å². The predicted molar refractivity (Wildman–Crippen MR) is 56.5 cm³/mol. The average molecular weight is 303 g/mol. The second-order valence-corrected chi connectivity index (χ2v) is 3.67. The maximum Gasteiger partial charge on any atom is 0.146 e. The molecule has 0 aromatic carbocycles. The summed E-state index contributed by atoms with van der Waals surface area (Å²) < 4.78 is 0.885. The van der Waals surface area contributed by atoms with E-state index in [2.05, 4.69) is 32.9 Å². The van der Waals surface area contributed by atoms with Crippen LogP contribution in [0.3, 0.4) is 0 Å². The zero-order valence-corrected chi connectivity index (χ0v) is 9.33. The SMILES string of the molecule is CNc1cc(Cl)nc(Cl)c1I. The van der Waals surface area contributed by atoms with Gasteiger partial charge in [-0.05, 0) is 28.7 Å². The summed E-state index contributed by atoms with van der Waals surface area (Å²) in [5.74, 6) is 0. The van der Waals surface area contributed by atoms with Crippen molar-refractivity contribution in [1.82, 2.24) is 4.98 Å². The van der Waals surface area contributed by atoms with Crippen LogP contribution in [0.5, 0.6) is 0 Å². The van der Waals surface area contributed by atoms with Crippen LogP contribution in [0.25, 0.3) is 0 Å². The van der Waals surface area contributed by atoms with Crippen molar-refractivity contribution in [3.63, 3.8) is 0 Å². The number of aromatic nitrogens is 1. The van der Waals surface area contributed by atoms with E-state index in [-0.39, 0.29) is 0 Å². The van der Waals surface area contributed by atoms with E-state index in [9.17, 15) is 0 Å². The summed E-state index contributed by atoms with van der Waals surface area (Å²) in [5, 5.41) is 3.80. The molecule has 0 saturated carbocycles. The lowest BCUT2D eigenvalue weighted by molar-refractivity contribution is 1.29. The molecule has 1 heterocycles. The topological polar surface area (TPSA) is 24.9 Å². The van der Waals surface area contributed by atoms with E-state index in [1.54, 1.807) is 6.07 Å². The van der Waals surface area contributed by atoms with Gasteiger partial charge in [0.15, 0.2) is 0 Å².